The van der Waals surface area contributed by atoms with Crippen molar-refractivity contribution in [2.24, 2.45) is 0 Å². The second kappa shape index (κ2) is 10.6. The van der Waals surface area contributed by atoms with Gasteiger partial charge in [-0.3, -0.25) is 14.4 Å². The van der Waals surface area contributed by atoms with E-state index in [1.54, 1.807) is 0 Å². The van der Waals surface area contributed by atoms with Gasteiger partial charge in [0.25, 0.3) is 0 Å². The van der Waals surface area contributed by atoms with Crippen LogP contribution in [0.1, 0.15) is 10.6 Å². The van der Waals surface area contributed by atoms with E-state index >= 15 is 0 Å². The standard InChI is InChI=1S/C20H21N5OS.3ClH/c1-14-17(10-22-23-14)15-2-5-20-21-11-18(25(20)12-15)19-4-3-16(27-19)13-24-6-8-26-9-7-24;;;/h2-5,10-12H,6-9,13H2,1H3,(H,22,23);3*1H. The van der Waals surface area contributed by atoms with Gasteiger partial charge >= 0.3 is 0 Å². The largest absolute Gasteiger partial charge is 0.379 e. The third-order valence-electron chi connectivity index (χ3n) is 5.04. The zero-order chi connectivity index (χ0) is 18.2. The zero-order valence-corrected chi connectivity index (χ0v) is 19.7. The van der Waals surface area contributed by atoms with Gasteiger partial charge in [0.15, 0.2) is 0 Å². The lowest BCUT2D eigenvalue weighted by Gasteiger charge is -2.25. The maximum atomic E-state index is 5.44. The Morgan fingerprint density at radius 3 is 2.60 bits per heavy atom. The number of aromatic amines is 1. The molecule has 6 nitrogen and oxygen atoms in total. The quantitative estimate of drug-likeness (QED) is 0.446. The monoisotopic (exact) mass is 487 g/mol. The molecule has 0 bridgehead atoms. The fraction of sp³-hybridized carbons (Fsp3) is 0.300. The summed E-state index contributed by atoms with van der Waals surface area (Å²) in [5, 5.41) is 7.15. The summed E-state index contributed by atoms with van der Waals surface area (Å²) in [6.07, 6.45) is 5.99. The van der Waals surface area contributed by atoms with Crippen molar-refractivity contribution in [1.29, 1.82) is 0 Å². The highest BCUT2D eigenvalue weighted by Crippen LogP contribution is 2.31. The van der Waals surface area contributed by atoms with Gasteiger partial charge in [0.2, 0.25) is 0 Å². The molecule has 1 N–H and O–H groups in total. The van der Waals surface area contributed by atoms with E-state index < -0.39 is 0 Å². The minimum absolute atomic E-state index is 0. The second-order valence-corrected chi connectivity index (χ2v) is 8.02. The Balaban J connectivity index is 0.00000107. The second-order valence-electron chi connectivity index (χ2n) is 6.85. The van der Waals surface area contributed by atoms with E-state index in [0.717, 1.165) is 61.0 Å². The SMILES string of the molecule is Cc1[nH]ncc1-c1ccc2ncc(-c3ccc(CN4CCOCC4)s3)n2c1.Cl.Cl.Cl. The Labute approximate surface area is 197 Å². The van der Waals surface area contributed by atoms with Gasteiger partial charge in [-0.25, -0.2) is 4.98 Å². The molecule has 1 fully saturated rings. The average Bonchev–Trinajstić information content (AvgIpc) is 3.41. The number of aromatic nitrogens is 4. The zero-order valence-electron chi connectivity index (χ0n) is 16.4. The van der Waals surface area contributed by atoms with Crippen LogP contribution < -0.4 is 0 Å². The van der Waals surface area contributed by atoms with Crippen LogP contribution in [0, 0.1) is 6.92 Å². The molecule has 4 aromatic heterocycles. The van der Waals surface area contributed by atoms with Crippen LogP contribution in [0.25, 0.3) is 27.3 Å². The minimum atomic E-state index is 0. The molecule has 0 unspecified atom stereocenters. The lowest BCUT2D eigenvalue weighted by molar-refractivity contribution is 0.0346. The predicted molar refractivity (Wildman–Crippen MR) is 129 cm³/mol. The van der Waals surface area contributed by atoms with E-state index in [2.05, 4.69) is 54.9 Å². The molecule has 162 valence electrons. The topological polar surface area (TPSA) is 58.5 Å². The van der Waals surface area contributed by atoms with E-state index in [0.29, 0.717) is 0 Å². The van der Waals surface area contributed by atoms with E-state index in [-0.39, 0.29) is 37.2 Å². The number of nitrogens with one attached hydrogen (secondary N) is 1. The summed E-state index contributed by atoms with van der Waals surface area (Å²) in [6.45, 7) is 6.72. The molecule has 1 aliphatic heterocycles. The number of ether oxygens (including phenoxy) is 1. The Hall–Kier alpha value is -1.61. The van der Waals surface area contributed by atoms with E-state index in [9.17, 15) is 0 Å². The number of nitrogens with zero attached hydrogens (tertiary/aromatic N) is 4. The lowest BCUT2D eigenvalue weighted by atomic mass is 10.1. The van der Waals surface area contributed by atoms with Crippen LogP contribution in [0.15, 0.2) is 42.9 Å². The highest BCUT2D eigenvalue weighted by atomic mass is 35.5. The molecule has 1 saturated heterocycles. The smallest absolute Gasteiger partial charge is 0.137 e. The fourth-order valence-electron chi connectivity index (χ4n) is 3.54. The highest BCUT2D eigenvalue weighted by molar-refractivity contribution is 7.15. The van der Waals surface area contributed by atoms with Gasteiger partial charge in [0.1, 0.15) is 5.65 Å². The number of fused-ring (bicyclic) bond motifs is 1. The van der Waals surface area contributed by atoms with Crippen molar-refractivity contribution in [2.45, 2.75) is 13.5 Å². The maximum Gasteiger partial charge on any atom is 0.137 e. The number of H-pyrrole nitrogens is 1. The first-order valence-electron chi connectivity index (χ1n) is 9.14. The summed E-state index contributed by atoms with van der Waals surface area (Å²) in [4.78, 5) is 9.66. The van der Waals surface area contributed by atoms with Gasteiger partial charge in [-0.1, -0.05) is 0 Å². The Bertz CT molecular complexity index is 1090. The third kappa shape index (κ3) is 4.82. The Morgan fingerprint density at radius 1 is 1.07 bits per heavy atom. The number of rotatable bonds is 4. The van der Waals surface area contributed by atoms with Gasteiger partial charge in [0, 0.05) is 47.5 Å². The molecule has 0 amide bonds. The number of hydrogen-bond donors (Lipinski definition) is 1. The van der Waals surface area contributed by atoms with Crippen molar-refractivity contribution in [1.82, 2.24) is 24.5 Å². The average molecular weight is 489 g/mol. The number of aryl methyl sites for hydroxylation is 1. The van der Waals surface area contributed by atoms with Crippen LogP contribution in [0.4, 0.5) is 0 Å². The van der Waals surface area contributed by atoms with Gasteiger partial charge in [-0.2, -0.15) is 5.10 Å². The molecule has 0 aromatic carbocycles. The fourth-order valence-corrected chi connectivity index (χ4v) is 4.60. The molecule has 0 saturated carbocycles. The number of halogens is 3. The summed E-state index contributed by atoms with van der Waals surface area (Å²) in [5.41, 5.74) is 5.41. The van der Waals surface area contributed by atoms with Crippen molar-refractivity contribution >= 4 is 54.2 Å². The van der Waals surface area contributed by atoms with Gasteiger partial charge in [-0.05, 0) is 31.2 Å². The maximum absolute atomic E-state index is 5.44. The first kappa shape index (κ1) is 24.7. The molecule has 0 atom stereocenters. The number of imidazole rings is 1. The van der Waals surface area contributed by atoms with E-state index in [1.807, 2.05) is 30.7 Å². The van der Waals surface area contributed by atoms with Crippen LogP contribution in [0.2, 0.25) is 0 Å². The van der Waals surface area contributed by atoms with Crippen LogP contribution in [0.3, 0.4) is 0 Å². The highest BCUT2D eigenvalue weighted by Gasteiger charge is 2.14. The summed E-state index contributed by atoms with van der Waals surface area (Å²) < 4.78 is 7.62. The van der Waals surface area contributed by atoms with Crippen molar-refractivity contribution in [3.63, 3.8) is 0 Å². The number of morpholine rings is 1. The molecule has 4 aromatic rings. The summed E-state index contributed by atoms with van der Waals surface area (Å²) in [6, 6.07) is 8.61. The predicted octanol–water partition coefficient (Wildman–Crippen LogP) is 4.86. The minimum Gasteiger partial charge on any atom is -0.379 e. The first-order chi connectivity index (χ1) is 13.3. The molecule has 30 heavy (non-hydrogen) atoms. The first-order valence-corrected chi connectivity index (χ1v) is 9.96. The van der Waals surface area contributed by atoms with Crippen molar-refractivity contribution < 1.29 is 4.74 Å². The van der Waals surface area contributed by atoms with Crippen LogP contribution in [-0.4, -0.2) is 50.8 Å². The molecule has 5 heterocycles. The summed E-state index contributed by atoms with van der Waals surface area (Å²) in [7, 11) is 0. The number of thiophene rings is 1. The van der Waals surface area contributed by atoms with Crippen LogP contribution in [0.5, 0.6) is 0 Å². The summed E-state index contributed by atoms with van der Waals surface area (Å²) in [5.74, 6) is 0. The molecule has 1 aliphatic rings. The molecular formula is C20H24Cl3N5OS. The summed E-state index contributed by atoms with van der Waals surface area (Å²) >= 11 is 1.84. The molecule has 0 radical (unpaired) electrons. The number of hydrogen-bond acceptors (Lipinski definition) is 5. The van der Waals surface area contributed by atoms with Gasteiger partial charge in [0.05, 0.1) is 36.2 Å². The van der Waals surface area contributed by atoms with Crippen molar-refractivity contribution in [3.8, 4) is 21.7 Å². The molecule has 5 rings (SSSR count). The third-order valence-corrected chi connectivity index (χ3v) is 6.14. The Kier molecular flexibility index (Phi) is 8.73. The molecule has 0 aliphatic carbocycles. The van der Waals surface area contributed by atoms with E-state index in [1.165, 1.54) is 9.75 Å². The van der Waals surface area contributed by atoms with Crippen LogP contribution in [-0.2, 0) is 11.3 Å². The Morgan fingerprint density at radius 2 is 1.87 bits per heavy atom. The number of pyridine rings is 1. The van der Waals surface area contributed by atoms with Crippen LogP contribution >= 0.6 is 48.6 Å². The molecule has 0 spiro atoms. The molecule has 10 heteroatoms. The van der Waals surface area contributed by atoms with Gasteiger partial charge < -0.3 is 4.74 Å². The van der Waals surface area contributed by atoms with Crippen molar-refractivity contribution in [3.05, 3.63) is 53.4 Å². The normalized spacial score (nSPS) is 14.0. The lowest BCUT2D eigenvalue weighted by Crippen LogP contribution is -2.35. The van der Waals surface area contributed by atoms with Crippen molar-refractivity contribution in [2.75, 3.05) is 26.3 Å². The van der Waals surface area contributed by atoms with E-state index in [4.69, 9.17) is 4.74 Å². The van der Waals surface area contributed by atoms with Gasteiger partial charge in [-0.15, -0.1) is 48.6 Å². The molecular weight excluding hydrogens is 465 g/mol.